The molecule has 0 aromatic heterocycles. The molecule has 0 amide bonds. The van der Waals surface area contributed by atoms with Gasteiger partial charge in [0.25, 0.3) is 0 Å². The maximum absolute atomic E-state index is 13.6. The molecule has 0 aliphatic carbocycles. The molecule has 1 atom stereocenters. The lowest BCUT2D eigenvalue weighted by Gasteiger charge is -2.23. The molecule has 1 rings (SSSR count). The zero-order valence-corrected chi connectivity index (χ0v) is 10.1. The number of benzene rings is 1. The fraction of sp³-hybridized carbons (Fsp3) is 0.538. The molecule has 1 aromatic carbocycles. The normalized spacial score (nSPS) is 13.1. The molecule has 1 unspecified atom stereocenters. The van der Waals surface area contributed by atoms with E-state index in [2.05, 4.69) is 5.32 Å². The summed E-state index contributed by atoms with van der Waals surface area (Å²) in [5.41, 5.74) is 0.158. The Balaban J connectivity index is 3.00. The predicted octanol–water partition coefficient (Wildman–Crippen LogP) is 3.66. The van der Waals surface area contributed by atoms with Gasteiger partial charge in [-0.25, -0.2) is 8.78 Å². The lowest BCUT2D eigenvalue weighted by molar-refractivity contribution is 0.381. The summed E-state index contributed by atoms with van der Waals surface area (Å²) in [6, 6.07) is 3.75. The second-order valence-electron chi connectivity index (χ2n) is 4.31. The van der Waals surface area contributed by atoms with Gasteiger partial charge in [0.15, 0.2) is 0 Å². The van der Waals surface area contributed by atoms with Gasteiger partial charge in [0.05, 0.1) is 0 Å². The van der Waals surface area contributed by atoms with E-state index >= 15 is 0 Å². The zero-order chi connectivity index (χ0) is 12.1. The molecule has 16 heavy (non-hydrogen) atoms. The van der Waals surface area contributed by atoms with Crippen LogP contribution in [0.3, 0.4) is 0 Å². The number of hydrogen-bond acceptors (Lipinski definition) is 1. The zero-order valence-electron chi connectivity index (χ0n) is 10.1. The highest BCUT2D eigenvalue weighted by Gasteiger charge is 2.22. The van der Waals surface area contributed by atoms with Crippen molar-refractivity contribution in [2.45, 2.75) is 33.2 Å². The molecule has 0 saturated heterocycles. The first kappa shape index (κ1) is 13.1. The van der Waals surface area contributed by atoms with E-state index in [4.69, 9.17) is 0 Å². The van der Waals surface area contributed by atoms with E-state index in [0.717, 1.165) is 13.0 Å². The molecular weight excluding hydrogens is 208 g/mol. The maximum atomic E-state index is 13.6. The predicted molar refractivity (Wildman–Crippen MR) is 62.2 cm³/mol. The molecular formula is C13H19F2N. The minimum Gasteiger partial charge on any atom is -0.310 e. The van der Waals surface area contributed by atoms with Gasteiger partial charge in [-0.3, -0.25) is 0 Å². The van der Waals surface area contributed by atoms with Crippen molar-refractivity contribution in [3.8, 4) is 0 Å². The van der Waals surface area contributed by atoms with Crippen molar-refractivity contribution in [3.05, 3.63) is 35.4 Å². The van der Waals surface area contributed by atoms with Gasteiger partial charge in [-0.1, -0.05) is 26.8 Å². The standard InChI is InChI=1S/C13H19F2N/c1-4-8-16-13(9(2)3)12-10(14)6-5-7-11(12)15/h5-7,9,13,16H,4,8H2,1-3H3. The summed E-state index contributed by atoms with van der Waals surface area (Å²) >= 11 is 0. The van der Waals surface area contributed by atoms with E-state index in [1.165, 1.54) is 18.2 Å². The van der Waals surface area contributed by atoms with Gasteiger partial charge >= 0.3 is 0 Å². The molecule has 1 aromatic rings. The first-order valence-electron chi connectivity index (χ1n) is 5.75. The Hall–Kier alpha value is -0.960. The Labute approximate surface area is 95.9 Å². The average Bonchev–Trinajstić information content (AvgIpc) is 2.21. The van der Waals surface area contributed by atoms with Crippen LogP contribution in [0.25, 0.3) is 0 Å². The van der Waals surface area contributed by atoms with E-state index in [-0.39, 0.29) is 17.5 Å². The number of rotatable bonds is 5. The first-order chi connectivity index (χ1) is 7.57. The number of hydrogen-bond donors (Lipinski definition) is 1. The van der Waals surface area contributed by atoms with Gasteiger partial charge in [0.1, 0.15) is 11.6 Å². The largest absolute Gasteiger partial charge is 0.310 e. The highest BCUT2D eigenvalue weighted by Crippen LogP contribution is 2.26. The molecule has 0 aliphatic heterocycles. The van der Waals surface area contributed by atoms with Crippen molar-refractivity contribution < 1.29 is 8.78 Å². The van der Waals surface area contributed by atoms with Crippen molar-refractivity contribution in [3.63, 3.8) is 0 Å². The molecule has 0 heterocycles. The lowest BCUT2D eigenvalue weighted by Crippen LogP contribution is -2.28. The van der Waals surface area contributed by atoms with Crippen molar-refractivity contribution in [1.29, 1.82) is 0 Å². The van der Waals surface area contributed by atoms with Gasteiger partial charge < -0.3 is 5.32 Å². The van der Waals surface area contributed by atoms with Crippen LogP contribution in [0.15, 0.2) is 18.2 Å². The van der Waals surface area contributed by atoms with Crippen LogP contribution in [-0.2, 0) is 0 Å². The second kappa shape index (κ2) is 5.94. The third-order valence-corrected chi connectivity index (χ3v) is 2.59. The highest BCUT2D eigenvalue weighted by molar-refractivity contribution is 5.23. The summed E-state index contributed by atoms with van der Waals surface area (Å²) in [4.78, 5) is 0. The summed E-state index contributed by atoms with van der Waals surface area (Å²) in [6.45, 7) is 6.71. The molecule has 1 nitrogen and oxygen atoms in total. The van der Waals surface area contributed by atoms with Gasteiger partial charge in [-0.15, -0.1) is 0 Å². The summed E-state index contributed by atoms with van der Waals surface area (Å²) in [5, 5.41) is 3.19. The lowest BCUT2D eigenvalue weighted by atomic mass is 9.95. The molecule has 0 aliphatic rings. The van der Waals surface area contributed by atoms with Crippen LogP contribution in [0.2, 0.25) is 0 Å². The number of halogens is 2. The van der Waals surface area contributed by atoms with Crippen LogP contribution in [0.1, 0.15) is 38.8 Å². The third kappa shape index (κ3) is 3.01. The van der Waals surface area contributed by atoms with Crippen LogP contribution < -0.4 is 5.32 Å². The topological polar surface area (TPSA) is 12.0 Å². The minimum atomic E-state index is -0.470. The van der Waals surface area contributed by atoms with Gasteiger partial charge in [0.2, 0.25) is 0 Å². The molecule has 1 N–H and O–H groups in total. The molecule has 0 saturated carbocycles. The molecule has 0 spiro atoms. The first-order valence-corrected chi connectivity index (χ1v) is 5.75. The summed E-state index contributed by atoms with van der Waals surface area (Å²) in [6.07, 6.45) is 0.944. The fourth-order valence-electron chi connectivity index (χ4n) is 1.78. The van der Waals surface area contributed by atoms with Gasteiger partial charge in [0, 0.05) is 11.6 Å². The molecule has 3 heteroatoms. The Bertz CT molecular complexity index is 316. The van der Waals surface area contributed by atoms with Crippen LogP contribution >= 0.6 is 0 Å². The van der Waals surface area contributed by atoms with E-state index in [0.29, 0.717) is 0 Å². The summed E-state index contributed by atoms with van der Waals surface area (Å²) in [5.74, 6) is -0.789. The number of nitrogens with one attached hydrogen (secondary N) is 1. The molecule has 0 bridgehead atoms. The van der Waals surface area contributed by atoms with Crippen molar-refractivity contribution in [1.82, 2.24) is 5.32 Å². The van der Waals surface area contributed by atoms with Crippen LogP contribution in [0.4, 0.5) is 8.78 Å². The van der Waals surface area contributed by atoms with Crippen LogP contribution in [-0.4, -0.2) is 6.54 Å². The minimum absolute atomic E-state index is 0.151. The molecule has 0 radical (unpaired) electrons. The van der Waals surface area contributed by atoms with Crippen LogP contribution in [0.5, 0.6) is 0 Å². The Morgan fingerprint density at radius 3 is 2.19 bits per heavy atom. The van der Waals surface area contributed by atoms with Gasteiger partial charge in [-0.2, -0.15) is 0 Å². The molecule has 0 fully saturated rings. The van der Waals surface area contributed by atoms with Crippen molar-refractivity contribution in [2.24, 2.45) is 5.92 Å². The smallest absolute Gasteiger partial charge is 0.130 e. The van der Waals surface area contributed by atoms with Crippen molar-refractivity contribution >= 4 is 0 Å². The third-order valence-electron chi connectivity index (χ3n) is 2.59. The SMILES string of the molecule is CCCNC(c1c(F)cccc1F)C(C)C. The average molecular weight is 227 g/mol. The molecule has 90 valence electrons. The van der Waals surface area contributed by atoms with Crippen molar-refractivity contribution in [2.75, 3.05) is 6.54 Å². The Kier molecular flexibility index (Phi) is 4.87. The van der Waals surface area contributed by atoms with Gasteiger partial charge in [-0.05, 0) is 31.0 Å². The Morgan fingerprint density at radius 2 is 1.75 bits per heavy atom. The summed E-state index contributed by atoms with van der Waals surface area (Å²) in [7, 11) is 0. The second-order valence-corrected chi connectivity index (χ2v) is 4.31. The van der Waals surface area contributed by atoms with E-state index in [9.17, 15) is 8.78 Å². The monoisotopic (exact) mass is 227 g/mol. The fourth-order valence-corrected chi connectivity index (χ4v) is 1.78. The highest BCUT2D eigenvalue weighted by atomic mass is 19.1. The maximum Gasteiger partial charge on any atom is 0.130 e. The van der Waals surface area contributed by atoms with E-state index < -0.39 is 11.6 Å². The Morgan fingerprint density at radius 1 is 1.19 bits per heavy atom. The van der Waals surface area contributed by atoms with E-state index in [1.807, 2.05) is 20.8 Å². The van der Waals surface area contributed by atoms with E-state index in [1.54, 1.807) is 0 Å². The quantitative estimate of drug-likeness (QED) is 0.809. The summed E-state index contributed by atoms with van der Waals surface area (Å²) < 4.78 is 27.2. The van der Waals surface area contributed by atoms with Crippen LogP contribution in [0, 0.1) is 17.6 Å².